The van der Waals surface area contributed by atoms with Gasteiger partial charge in [-0.15, -0.1) is 0 Å². The van der Waals surface area contributed by atoms with Crippen LogP contribution in [0, 0.1) is 0 Å². The molecule has 0 bridgehead atoms. The van der Waals surface area contributed by atoms with Crippen LogP contribution in [-0.2, 0) is 6.54 Å². The predicted molar refractivity (Wildman–Crippen MR) is 84.0 cm³/mol. The minimum Gasteiger partial charge on any atom is -0.379 e. The molecular weight excluding hydrogens is 246 g/mol. The normalized spacial score (nSPS) is 11.1. The molecule has 1 aromatic heterocycles. The number of anilines is 1. The lowest BCUT2D eigenvalue weighted by molar-refractivity contribution is 0.831. The Morgan fingerprint density at radius 1 is 1.00 bits per heavy atom. The van der Waals surface area contributed by atoms with Crippen LogP contribution in [0.5, 0.6) is 0 Å². The number of hydrogen-bond donors (Lipinski definition) is 1. The van der Waals surface area contributed by atoms with Gasteiger partial charge in [-0.3, -0.25) is 9.97 Å². The molecule has 2 aromatic rings. The maximum absolute atomic E-state index is 4.32. The number of benzene rings is 1. The summed E-state index contributed by atoms with van der Waals surface area (Å²) in [7, 11) is 0. The van der Waals surface area contributed by atoms with Gasteiger partial charge >= 0.3 is 0 Å². The van der Waals surface area contributed by atoms with Crippen LogP contribution in [0.3, 0.4) is 0 Å². The van der Waals surface area contributed by atoms with Crippen molar-refractivity contribution in [3.05, 3.63) is 53.6 Å². The highest BCUT2D eigenvalue weighted by atomic mass is 14.9. The first-order chi connectivity index (χ1) is 9.59. The molecule has 0 atom stereocenters. The maximum atomic E-state index is 4.32. The third kappa shape index (κ3) is 3.35. The fraction of sp³-hybridized carbons (Fsp3) is 0.412. The van der Waals surface area contributed by atoms with Gasteiger partial charge in [0.2, 0.25) is 0 Å². The Balaban J connectivity index is 2.28. The number of rotatable bonds is 5. The van der Waals surface area contributed by atoms with Crippen LogP contribution in [0.15, 0.2) is 36.8 Å². The average molecular weight is 269 g/mol. The first kappa shape index (κ1) is 14.5. The molecule has 0 aliphatic rings. The van der Waals surface area contributed by atoms with E-state index in [4.69, 9.17) is 0 Å². The van der Waals surface area contributed by atoms with Crippen LogP contribution in [0.4, 0.5) is 5.69 Å². The van der Waals surface area contributed by atoms with E-state index in [0.29, 0.717) is 18.4 Å². The highest BCUT2D eigenvalue weighted by molar-refractivity contribution is 5.60. The molecule has 0 saturated heterocycles. The number of para-hydroxylation sites is 1. The second kappa shape index (κ2) is 6.51. The maximum Gasteiger partial charge on any atom is 0.0777 e. The van der Waals surface area contributed by atoms with Crippen molar-refractivity contribution >= 4 is 5.69 Å². The standard InChI is InChI=1S/C17H23N3/c1-12(2)15-6-5-7-16(13(3)4)17(15)20-11-14-10-18-8-9-19-14/h5-10,12-13,20H,11H2,1-4H3. The molecule has 3 heteroatoms. The molecule has 106 valence electrons. The van der Waals surface area contributed by atoms with E-state index in [1.165, 1.54) is 16.8 Å². The Morgan fingerprint density at radius 2 is 1.65 bits per heavy atom. The molecule has 0 aliphatic carbocycles. The Labute approximate surface area is 121 Å². The molecule has 0 saturated carbocycles. The fourth-order valence-electron chi connectivity index (χ4n) is 2.36. The van der Waals surface area contributed by atoms with E-state index in [0.717, 1.165) is 5.69 Å². The summed E-state index contributed by atoms with van der Waals surface area (Å²) in [5.41, 5.74) is 4.93. The lowest BCUT2D eigenvalue weighted by Crippen LogP contribution is -2.08. The minimum absolute atomic E-state index is 0.498. The van der Waals surface area contributed by atoms with Crippen molar-refractivity contribution in [3.8, 4) is 0 Å². The number of hydrogen-bond acceptors (Lipinski definition) is 3. The van der Waals surface area contributed by atoms with Gasteiger partial charge in [-0.1, -0.05) is 45.9 Å². The van der Waals surface area contributed by atoms with Crippen molar-refractivity contribution in [2.45, 2.75) is 46.1 Å². The van der Waals surface area contributed by atoms with Crippen LogP contribution in [-0.4, -0.2) is 9.97 Å². The Kier molecular flexibility index (Phi) is 4.72. The Bertz CT molecular complexity index is 521. The van der Waals surface area contributed by atoms with E-state index in [-0.39, 0.29) is 0 Å². The first-order valence-electron chi connectivity index (χ1n) is 7.21. The van der Waals surface area contributed by atoms with E-state index in [1.54, 1.807) is 18.6 Å². The van der Waals surface area contributed by atoms with Gasteiger partial charge in [-0.2, -0.15) is 0 Å². The minimum atomic E-state index is 0.498. The van der Waals surface area contributed by atoms with E-state index >= 15 is 0 Å². The number of nitrogens with one attached hydrogen (secondary N) is 1. The summed E-state index contributed by atoms with van der Waals surface area (Å²) >= 11 is 0. The lowest BCUT2D eigenvalue weighted by Gasteiger charge is -2.20. The van der Waals surface area contributed by atoms with Gasteiger partial charge in [0.05, 0.1) is 18.4 Å². The summed E-state index contributed by atoms with van der Waals surface area (Å²) in [5, 5.41) is 3.56. The third-order valence-corrected chi connectivity index (χ3v) is 3.44. The topological polar surface area (TPSA) is 37.8 Å². The van der Waals surface area contributed by atoms with Crippen LogP contribution in [0.2, 0.25) is 0 Å². The van der Waals surface area contributed by atoms with Gasteiger partial charge in [-0.05, 0) is 23.0 Å². The zero-order valence-electron chi connectivity index (χ0n) is 12.7. The van der Waals surface area contributed by atoms with Gasteiger partial charge < -0.3 is 5.32 Å². The third-order valence-electron chi connectivity index (χ3n) is 3.44. The van der Waals surface area contributed by atoms with Gasteiger partial charge in [0.25, 0.3) is 0 Å². The molecule has 0 radical (unpaired) electrons. The molecular formula is C17H23N3. The molecule has 1 N–H and O–H groups in total. The van der Waals surface area contributed by atoms with Crippen molar-refractivity contribution in [1.29, 1.82) is 0 Å². The largest absolute Gasteiger partial charge is 0.379 e. The van der Waals surface area contributed by atoms with Crippen LogP contribution < -0.4 is 5.32 Å². The van der Waals surface area contributed by atoms with Gasteiger partial charge in [-0.25, -0.2) is 0 Å². The molecule has 1 aromatic carbocycles. The predicted octanol–water partition coefficient (Wildman–Crippen LogP) is 4.34. The molecule has 0 amide bonds. The van der Waals surface area contributed by atoms with Gasteiger partial charge in [0.1, 0.15) is 0 Å². The second-order valence-electron chi connectivity index (χ2n) is 5.67. The molecule has 0 aliphatic heterocycles. The van der Waals surface area contributed by atoms with Crippen LogP contribution >= 0.6 is 0 Å². The molecule has 0 unspecified atom stereocenters. The summed E-state index contributed by atoms with van der Waals surface area (Å²) < 4.78 is 0. The summed E-state index contributed by atoms with van der Waals surface area (Å²) in [6, 6.07) is 6.56. The number of nitrogens with zero attached hydrogens (tertiary/aromatic N) is 2. The Morgan fingerprint density at radius 3 is 2.15 bits per heavy atom. The molecule has 0 fully saturated rings. The smallest absolute Gasteiger partial charge is 0.0777 e. The molecule has 1 heterocycles. The van der Waals surface area contributed by atoms with Crippen LogP contribution in [0.1, 0.15) is 56.4 Å². The average Bonchev–Trinajstić information content (AvgIpc) is 2.45. The lowest BCUT2D eigenvalue weighted by atomic mass is 9.92. The van der Waals surface area contributed by atoms with E-state index in [1.807, 2.05) is 0 Å². The van der Waals surface area contributed by atoms with Crippen molar-refractivity contribution in [1.82, 2.24) is 9.97 Å². The zero-order chi connectivity index (χ0) is 14.5. The monoisotopic (exact) mass is 269 g/mol. The summed E-state index contributed by atoms with van der Waals surface area (Å²) in [6.45, 7) is 9.62. The SMILES string of the molecule is CC(C)c1cccc(C(C)C)c1NCc1cnccn1. The quantitative estimate of drug-likeness (QED) is 0.877. The van der Waals surface area contributed by atoms with Crippen molar-refractivity contribution in [2.24, 2.45) is 0 Å². The zero-order valence-corrected chi connectivity index (χ0v) is 12.7. The van der Waals surface area contributed by atoms with Crippen molar-refractivity contribution in [3.63, 3.8) is 0 Å². The second-order valence-corrected chi connectivity index (χ2v) is 5.67. The summed E-state index contributed by atoms with van der Waals surface area (Å²) in [4.78, 5) is 8.43. The fourth-order valence-corrected chi connectivity index (χ4v) is 2.36. The van der Waals surface area contributed by atoms with E-state index < -0.39 is 0 Å². The molecule has 0 spiro atoms. The van der Waals surface area contributed by atoms with Crippen molar-refractivity contribution in [2.75, 3.05) is 5.32 Å². The molecule has 20 heavy (non-hydrogen) atoms. The summed E-state index contributed by atoms with van der Waals surface area (Å²) in [5.74, 6) is 0.996. The highest BCUT2D eigenvalue weighted by Crippen LogP contribution is 2.32. The molecule has 3 nitrogen and oxygen atoms in total. The Hall–Kier alpha value is -1.90. The molecule has 2 rings (SSSR count). The van der Waals surface area contributed by atoms with Gasteiger partial charge in [0.15, 0.2) is 0 Å². The van der Waals surface area contributed by atoms with Crippen molar-refractivity contribution < 1.29 is 0 Å². The summed E-state index contributed by atoms with van der Waals surface area (Å²) in [6.07, 6.45) is 5.24. The highest BCUT2D eigenvalue weighted by Gasteiger charge is 2.13. The van der Waals surface area contributed by atoms with E-state index in [2.05, 4.69) is 61.2 Å². The van der Waals surface area contributed by atoms with E-state index in [9.17, 15) is 0 Å². The van der Waals surface area contributed by atoms with Gasteiger partial charge in [0, 0.05) is 18.1 Å². The first-order valence-corrected chi connectivity index (χ1v) is 7.21. The number of aromatic nitrogens is 2. The van der Waals surface area contributed by atoms with Crippen LogP contribution in [0.25, 0.3) is 0 Å².